The van der Waals surface area contributed by atoms with Crippen molar-refractivity contribution in [2.24, 2.45) is 5.92 Å². The number of piperidine rings is 1. The fourth-order valence-electron chi connectivity index (χ4n) is 4.79. The zero-order chi connectivity index (χ0) is 18.1. The maximum absolute atomic E-state index is 9.96. The molecule has 2 aliphatic rings. The molecule has 2 aliphatic heterocycles. The van der Waals surface area contributed by atoms with Crippen molar-refractivity contribution in [3.05, 3.63) is 59.9 Å². The summed E-state index contributed by atoms with van der Waals surface area (Å²) in [6.07, 6.45) is 4.91. The summed E-state index contributed by atoms with van der Waals surface area (Å²) in [6, 6.07) is 12.7. The lowest BCUT2D eigenvalue weighted by Gasteiger charge is -2.53. The molecule has 0 spiro atoms. The number of aromatic nitrogens is 1. The SMILES string of the molecule is CC1CN2CCN(Cc3ccncc3)CC2C[C@@]1(C)c1cccc(O)c1. The number of pyridine rings is 1. The van der Waals surface area contributed by atoms with Gasteiger partial charge in [-0.2, -0.15) is 0 Å². The van der Waals surface area contributed by atoms with Gasteiger partial charge in [0, 0.05) is 51.2 Å². The summed E-state index contributed by atoms with van der Waals surface area (Å²) in [5.41, 5.74) is 2.73. The fraction of sp³-hybridized carbons (Fsp3) is 0.500. The maximum atomic E-state index is 9.96. The normalized spacial score (nSPS) is 30.1. The van der Waals surface area contributed by atoms with Crippen LogP contribution in [0.2, 0.25) is 0 Å². The van der Waals surface area contributed by atoms with Gasteiger partial charge in [-0.05, 0) is 53.1 Å². The van der Waals surface area contributed by atoms with Crippen LogP contribution < -0.4 is 0 Å². The lowest BCUT2D eigenvalue weighted by Crippen LogP contribution is -2.60. The Kier molecular flexibility index (Phi) is 4.72. The highest BCUT2D eigenvalue weighted by Gasteiger charge is 2.44. The first-order chi connectivity index (χ1) is 12.5. The monoisotopic (exact) mass is 351 g/mol. The molecule has 26 heavy (non-hydrogen) atoms. The third-order valence-corrected chi connectivity index (χ3v) is 6.61. The smallest absolute Gasteiger partial charge is 0.115 e. The maximum Gasteiger partial charge on any atom is 0.115 e. The molecule has 0 aliphatic carbocycles. The molecule has 1 aromatic heterocycles. The van der Waals surface area contributed by atoms with E-state index in [1.54, 1.807) is 6.07 Å². The van der Waals surface area contributed by atoms with Crippen LogP contribution in [0.1, 0.15) is 31.4 Å². The highest BCUT2D eigenvalue weighted by molar-refractivity contribution is 5.34. The predicted molar refractivity (Wildman–Crippen MR) is 104 cm³/mol. The van der Waals surface area contributed by atoms with E-state index >= 15 is 0 Å². The van der Waals surface area contributed by atoms with Crippen molar-refractivity contribution in [1.82, 2.24) is 14.8 Å². The summed E-state index contributed by atoms with van der Waals surface area (Å²) in [6.45, 7) is 10.3. The molecule has 2 saturated heterocycles. The highest BCUT2D eigenvalue weighted by atomic mass is 16.3. The Labute approximate surface area is 156 Å². The molecule has 0 radical (unpaired) electrons. The number of fused-ring (bicyclic) bond motifs is 1. The van der Waals surface area contributed by atoms with Crippen molar-refractivity contribution in [3.63, 3.8) is 0 Å². The van der Waals surface area contributed by atoms with Gasteiger partial charge in [0.25, 0.3) is 0 Å². The van der Waals surface area contributed by atoms with Gasteiger partial charge in [0.2, 0.25) is 0 Å². The largest absolute Gasteiger partial charge is 0.508 e. The van der Waals surface area contributed by atoms with Gasteiger partial charge in [0.05, 0.1) is 0 Å². The first-order valence-electron chi connectivity index (χ1n) is 9.69. The summed E-state index contributed by atoms with van der Waals surface area (Å²) < 4.78 is 0. The van der Waals surface area contributed by atoms with Gasteiger partial charge < -0.3 is 5.11 Å². The van der Waals surface area contributed by atoms with Crippen LogP contribution in [0.3, 0.4) is 0 Å². The van der Waals surface area contributed by atoms with Crippen molar-refractivity contribution in [2.45, 2.75) is 38.3 Å². The first kappa shape index (κ1) is 17.5. The van der Waals surface area contributed by atoms with E-state index in [4.69, 9.17) is 0 Å². The number of hydrogen-bond donors (Lipinski definition) is 1. The molecule has 1 N–H and O–H groups in total. The van der Waals surface area contributed by atoms with Crippen molar-refractivity contribution in [3.8, 4) is 5.75 Å². The van der Waals surface area contributed by atoms with Crippen LogP contribution in [0, 0.1) is 5.92 Å². The Balaban J connectivity index is 1.50. The van der Waals surface area contributed by atoms with Gasteiger partial charge >= 0.3 is 0 Å². The minimum atomic E-state index is 0.111. The summed E-state index contributed by atoms with van der Waals surface area (Å²) in [4.78, 5) is 9.38. The van der Waals surface area contributed by atoms with Crippen molar-refractivity contribution in [2.75, 3.05) is 26.2 Å². The second-order valence-electron chi connectivity index (χ2n) is 8.31. The van der Waals surface area contributed by atoms with Gasteiger partial charge in [-0.15, -0.1) is 0 Å². The third-order valence-electron chi connectivity index (χ3n) is 6.61. The Bertz CT molecular complexity index is 750. The molecule has 4 nitrogen and oxygen atoms in total. The number of phenolic OH excluding ortho intramolecular Hbond substituents is 1. The topological polar surface area (TPSA) is 39.6 Å². The van der Waals surface area contributed by atoms with Crippen molar-refractivity contribution >= 4 is 0 Å². The Morgan fingerprint density at radius 1 is 1.15 bits per heavy atom. The Morgan fingerprint density at radius 2 is 1.96 bits per heavy atom. The van der Waals surface area contributed by atoms with Crippen LogP contribution in [-0.2, 0) is 12.0 Å². The van der Waals surface area contributed by atoms with Gasteiger partial charge in [-0.25, -0.2) is 0 Å². The lowest BCUT2D eigenvalue weighted by atomic mass is 9.65. The number of piperazine rings is 1. The van der Waals surface area contributed by atoms with E-state index in [0.717, 1.165) is 39.1 Å². The number of rotatable bonds is 3. The van der Waals surface area contributed by atoms with Crippen LogP contribution in [0.25, 0.3) is 0 Å². The van der Waals surface area contributed by atoms with Crippen LogP contribution in [-0.4, -0.2) is 52.1 Å². The number of nitrogens with zero attached hydrogens (tertiary/aromatic N) is 3. The van der Waals surface area contributed by atoms with Crippen molar-refractivity contribution in [1.29, 1.82) is 0 Å². The highest BCUT2D eigenvalue weighted by Crippen LogP contribution is 2.43. The molecule has 3 atom stereocenters. The van der Waals surface area contributed by atoms with E-state index in [1.807, 2.05) is 24.5 Å². The molecule has 0 amide bonds. The van der Waals surface area contributed by atoms with Gasteiger partial charge in [-0.1, -0.05) is 26.0 Å². The predicted octanol–water partition coefficient (Wildman–Crippen LogP) is 3.27. The van der Waals surface area contributed by atoms with E-state index < -0.39 is 0 Å². The number of benzene rings is 1. The molecule has 4 heteroatoms. The van der Waals surface area contributed by atoms with E-state index in [1.165, 1.54) is 11.1 Å². The number of phenols is 1. The molecule has 2 aromatic rings. The molecule has 1 aromatic carbocycles. The van der Waals surface area contributed by atoms with Crippen molar-refractivity contribution < 1.29 is 5.11 Å². The molecule has 0 bridgehead atoms. The second kappa shape index (κ2) is 7.01. The van der Waals surface area contributed by atoms with E-state index in [0.29, 0.717) is 17.7 Å². The van der Waals surface area contributed by atoms with Gasteiger partial charge in [0.15, 0.2) is 0 Å². The minimum Gasteiger partial charge on any atom is -0.508 e. The zero-order valence-corrected chi connectivity index (χ0v) is 15.8. The zero-order valence-electron chi connectivity index (χ0n) is 15.8. The summed E-state index contributed by atoms with van der Waals surface area (Å²) in [5.74, 6) is 0.952. The molecule has 2 unspecified atom stereocenters. The Morgan fingerprint density at radius 3 is 2.73 bits per heavy atom. The molecular weight excluding hydrogens is 322 g/mol. The lowest BCUT2D eigenvalue weighted by molar-refractivity contribution is -0.00558. The second-order valence-corrected chi connectivity index (χ2v) is 8.31. The third kappa shape index (κ3) is 3.36. The molecule has 138 valence electrons. The summed E-state index contributed by atoms with van der Waals surface area (Å²) in [7, 11) is 0. The standard InChI is InChI=1S/C22H29N3O/c1-17-14-25-11-10-24(15-18-6-8-23-9-7-18)16-20(25)13-22(17,2)19-4-3-5-21(26)12-19/h3-9,12,17,20,26H,10-11,13-16H2,1-2H3/t17?,20?,22-/m1/s1. The van der Waals surface area contributed by atoms with E-state index in [-0.39, 0.29) is 5.41 Å². The molecule has 4 rings (SSSR count). The summed E-state index contributed by atoms with van der Waals surface area (Å²) >= 11 is 0. The molecule has 3 heterocycles. The number of aromatic hydroxyl groups is 1. The quantitative estimate of drug-likeness (QED) is 0.921. The fourth-order valence-corrected chi connectivity index (χ4v) is 4.79. The van der Waals surface area contributed by atoms with E-state index in [2.05, 4.69) is 46.8 Å². The van der Waals surface area contributed by atoms with Crippen LogP contribution in [0.5, 0.6) is 5.75 Å². The summed E-state index contributed by atoms with van der Waals surface area (Å²) in [5, 5.41) is 9.96. The number of hydrogen-bond acceptors (Lipinski definition) is 4. The average Bonchev–Trinajstić information content (AvgIpc) is 2.64. The van der Waals surface area contributed by atoms with Gasteiger partial charge in [0.1, 0.15) is 5.75 Å². The molecular formula is C22H29N3O. The van der Waals surface area contributed by atoms with E-state index in [9.17, 15) is 5.11 Å². The van der Waals surface area contributed by atoms with Gasteiger partial charge in [-0.3, -0.25) is 14.8 Å². The molecule has 2 fully saturated rings. The van der Waals surface area contributed by atoms with Crippen LogP contribution >= 0.6 is 0 Å². The Hall–Kier alpha value is -1.91. The molecule has 0 saturated carbocycles. The average molecular weight is 351 g/mol. The van der Waals surface area contributed by atoms with Crippen LogP contribution in [0.4, 0.5) is 0 Å². The minimum absolute atomic E-state index is 0.111. The first-order valence-corrected chi connectivity index (χ1v) is 9.69. The van der Waals surface area contributed by atoms with Crippen LogP contribution in [0.15, 0.2) is 48.8 Å².